The third kappa shape index (κ3) is 9.78. The van der Waals surface area contributed by atoms with Gasteiger partial charge >= 0.3 is 6.36 Å². The van der Waals surface area contributed by atoms with Crippen LogP contribution in [0.4, 0.5) is 13.2 Å². The molecule has 1 aromatic carbocycles. The number of hydrogen-bond donors (Lipinski definition) is 2. The molecule has 0 bridgehead atoms. The second-order valence-corrected chi connectivity index (χ2v) is 7.95. The van der Waals surface area contributed by atoms with E-state index in [-0.39, 0.29) is 42.0 Å². The van der Waals surface area contributed by atoms with E-state index in [0.29, 0.717) is 31.0 Å². The lowest BCUT2D eigenvalue weighted by atomic mass is 10.2. The number of ether oxygens (including phenoxy) is 1. The summed E-state index contributed by atoms with van der Waals surface area (Å²) in [5, 5.41) is 5.89. The van der Waals surface area contributed by atoms with Crippen LogP contribution in [0.25, 0.3) is 0 Å². The van der Waals surface area contributed by atoms with Crippen LogP contribution in [0.5, 0.6) is 5.75 Å². The van der Waals surface area contributed by atoms with Crippen molar-refractivity contribution in [2.45, 2.75) is 26.3 Å². The molecule has 0 unspecified atom stereocenters. The first-order valence-electron chi connectivity index (χ1n) is 8.31. The maximum atomic E-state index is 12.4. The molecule has 1 aromatic rings. The smallest absolute Gasteiger partial charge is 0.405 e. The molecule has 0 saturated carbocycles. The molecule has 7 nitrogen and oxygen atoms in total. The Bertz CT molecular complexity index is 730. The third-order valence-electron chi connectivity index (χ3n) is 3.65. The summed E-state index contributed by atoms with van der Waals surface area (Å²) >= 11 is 0. The average Bonchev–Trinajstić information content (AvgIpc) is 2.60. The number of rotatable bonds is 9. The standard InChI is InChI=1S/C16H25F3N4O3S.HI/c1-4-27(24,25)23(3)11-7-10-21-15(20-2)22-12-13-8-5-6-9-14(13)26-16(17,18)19;/h5-6,8-9H,4,7,10-12H2,1-3H3,(H2,20,21,22);1H. The van der Waals surface area contributed by atoms with Crippen molar-refractivity contribution >= 4 is 40.0 Å². The summed E-state index contributed by atoms with van der Waals surface area (Å²) < 4.78 is 65.9. The van der Waals surface area contributed by atoms with Crippen molar-refractivity contribution in [3.63, 3.8) is 0 Å². The Morgan fingerprint density at radius 2 is 1.89 bits per heavy atom. The number of nitrogens with one attached hydrogen (secondary N) is 2. The summed E-state index contributed by atoms with van der Waals surface area (Å²) in [5.41, 5.74) is 0.326. The first-order valence-corrected chi connectivity index (χ1v) is 9.92. The van der Waals surface area contributed by atoms with Gasteiger partial charge in [0.2, 0.25) is 10.0 Å². The van der Waals surface area contributed by atoms with Gasteiger partial charge in [-0.05, 0) is 19.4 Å². The van der Waals surface area contributed by atoms with E-state index in [9.17, 15) is 21.6 Å². The Balaban J connectivity index is 0.00000729. The third-order valence-corrected chi connectivity index (χ3v) is 5.51. The molecule has 2 N–H and O–H groups in total. The molecule has 0 fully saturated rings. The summed E-state index contributed by atoms with van der Waals surface area (Å²) in [7, 11) is -0.170. The minimum Gasteiger partial charge on any atom is -0.405 e. The molecule has 0 amide bonds. The molecule has 0 aliphatic carbocycles. The molecular formula is C16H26F3IN4O3S. The van der Waals surface area contributed by atoms with E-state index < -0.39 is 16.4 Å². The lowest BCUT2D eigenvalue weighted by molar-refractivity contribution is -0.274. The molecule has 0 saturated heterocycles. The van der Waals surface area contributed by atoms with Crippen LogP contribution in [0, 0.1) is 0 Å². The van der Waals surface area contributed by atoms with Crippen molar-refractivity contribution in [1.82, 2.24) is 14.9 Å². The van der Waals surface area contributed by atoms with Crippen LogP contribution < -0.4 is 15.4 Å². The highest BCUT2D eigenvalue weighted by atomic mass is 127. The number of alkyl halides is 3. The maximum absolute atomic E-state index is 12.4. The van der Waals surface area contributed by atoms with Crippen molar-refractivity contribution < 1.29 is 26.3 Å². The van der Waals surface area contributed by atoms with Crippen molar-refractivity contribution in [2.24, 2.45) is 4.99 Å². The second kappa shape index (κ2) is 12.3. The number of para-hydroxylation sites is 1. The fourth-order valence-electron chi connectivity index (χ4n) is 2.14. The van der Waals surface area contributed by atoms with E-state index in [4.69, 9.17) is 0 Å². The number of nitrogens with zero attached hydrogens (tertiary/aromatic N) is 2. The quantitative estimate of drug-likeness (QED) is 0.219. The largest absolute Gasteiger partial charge is 0.573 e. The van der Waals surface area contributed by atoms with E-state index >= 15 is 0 Å². The van der Waals surface area contributed by atoms with Gasteiger partial charge in [-0.15, -0.1) is 37.1 Å². The average molecular weight is 538 g/mol. The summed E-state index contributed by atoms with van der Waals surface area (Å²) in [6.07, 6.45) is -4.22. The number of sulfonamides is 1. The van der Waals surface area contributed by atoms with Crippen molar-refractivity contribution in [2.75, 3.05) is 32.9 Å². The number of aliphatic imine (C=N–C) groups is 1. The van der Waals surface area contributed by atoms with Crippen LogP contribution in [-0.2, 0) is 16.6 Å². The predicted molar refractivity (Wildman–Crippen MR) is 113 cm³/mol. The Morgan fingerprint density at radius 1 is 1.25 bits per heavy atom. The lowest BCUT2D eigenvalue weighted by Gasteiger charge is -2.17. The second-order valence-electron chi connectivity index (χ2n) is 5.58. The maximum Gasteiger partial charge on any atom is 0.573 e. The van der Waals surface area contributed by atoms with Crippen LogP contribution in [0.15, 0.2) is 29.3 Å². The Kier molecular flexibility index (Phi) is 11.8. The minimum atomic E-state index is -4.76. The van der Waals surface area contributed by atoms with Gasteiger partial charge in [0.05, 0.1) is 5.75 Å². The van der Waals surface area contributed by atoms with E-state index in [1.54, 1.807) is 13.0 Å². The van der Waals surface area contributed by atoms with Crippen LogP contribution >= 0.6 is 24.0 Å². The van der Waals surface area contributed by atoms with Gasteiger partial charge in [-0.1, -0.05) is 18.2 Å². The van der Waals surface area contributed by atoms with Gasteiger partial charge in [0.1, 0.15) is 5.75 Å². The molecule has 0 spiro atoms. The van der Waals surface area contributed by atoms with Crippen LogP contribution in [0.1, 0.15) is 18.9 Å². The minimum absolute atomic E-state index is 0. The molecule has 12 heteroatoms. The van der Waals surface area contributed by atoms with Gasteiger partial charge in [-0.2, -0.15) is 0 Å². The van der Waals surface area contributed by atoms with E-state index in [1.165, 1.54) is 36.6 Å². The summed E-state index contributed by atoms with van der Waals surface area (Å²) in [5.74, 6) is 0.150. The molecule has 0 heterocycles. The first-order chi connectivity index (χ1) is 12.6. The normalized spacial score (nSPS) is 12.5. The fourth-order valence-corrected chi connectivity index (χ4v) is 2.99. The number of halogens is 4. The molecule has 162 valence electrons. The van der Waals surface area contributed by atoms with Crippen molar-refractivity contribution in [3.8, 4) is 5.75 Å². The van der Waals surface area contributed by atoms with Crippen molar-refractivity contribution in [1.29, 1.82) is 0 Å². The zero-order valence-corrected chi connectivity index (χ0v) is 19.1. The molecule has 0 aliphatic rings. The lowest BCUT2D eigenvalue weighted by Crippen LogP contribution is -2.38. The van der Waals surface area contributed by atoms with Gasteiger partial charge in [0.25, 0.3) is 0 Å². The highest BCUT2D eigenvalue weighted by Gasteiger charge is 2.31. The topological polar surface area (TPSA) is 83.0 Å². The van der Waals surface area contributed by atoms with E-state index in [0.717, 1.165) is 0 Å². The zero-order chi connectivity index (χ0) is 20.5. The summed E-state index contributed by atoms with van der Waals surface area (Å²) in [6.45, 7) is 2.46. The predicted octanol–water partition coefficient (Wildman–Crippen LogP) is 2.54. The molecule has 0 atom stereocenters. The first kappa shape index (κ1) is 26.7. The molecular weight excluding hydrogens is 512 g/mol. The molecule has 1 rings (SSSR count). The number of guanidine groups is 1. The summed E-state index contributed by atoms with van der Waals surface area (Å²) in [4.78, 5) is 3.99. The van der Waals surface area contributed by atoms with Crippen LogP contribution in [0.3, 0.4) is 0 Å². The van der Waals surface area contributed by atoms with Gasteiger partial charge < -0.3 is 15.4 Å². The Morgan fingerprint density at radius 3 is 2.46 bits per heavy atom. The van der Waals surface area contributed by atoms with Gasteiger partial charge in [-0.25, -0.2) is 12.7 Å². The number of benzene rings is 1. The van der Waals surface area contributed by atoms with Crippen molar-refractivity contribution in [3.05, 3.63) is 29.8 Å². The zero-order valence-electron chi connectivity index (χ0n) is 15.9. The monoisotopic (exact) mass is 538 g/mol. The Labute approximate surface area is 180 Å². The Hall–Kier alpha value is -1.28. The van der Waals surface area contributed by atoms with Crippen LogP contribution in [0.2, 0.25) is 0 Å². The van der Waals surface area contributed by atoms with Gasteiger partial charge in [0, 0.05) is 39.3 Å². The van der Waals surface area contributed by atoms with E-state index in [1.807, 2.05) is 0 Å². The summed E-state index contributed by atoms with van der Waals surface area (Å²) in [6, 6.07) is 5.83. The molecule has 28 heavy (non-hydrogen) atoms. The highest BCUT2D eigenvalue weighted by Crippen LogP contribution is 2.25. The van der Waals surface area contributed by atoms with Gasteiger partial charge in [-0.3, -0.25) is 4.99 Å². The molecule has 0 aliphatic heterocycles. The fraction of sp³-hybridized carbons (Fsp3) is 0.562. The molecule has 0 aromatic heterocycles. The van der Waals surface area contributed by atoms with Crippen LogP contribution in [-0.4, -0.2) is 58.0 Å². The molecule has 0 radical (unpaired) electrons. The van der Waals surface area contributed by atoms with E-state index in [2.05, 4.69) is 20.4 Å². The SMILES string of the molecule is CCS(=O)(=O)N(C)CCCNC(=NC)NCc1ccccc1OC(F)(F)F.I. The highest BCUT2D eigenvalue weighted by molar-refractivity contribution is 14.0. The van der Waals surface area contributed by atoms with Gasteiger partial charge in [0.15, 0.2) is 5.96 Å². The number of hydrogen-bond acceptors (Lipinski definition) is 4.